The van der Waals surface area contributed by atoms with Gasteiger partial charge in [0.2, 0.25) is 0 Å². The van der Waals surface area contributed by atoms with Crippen molar-refractivity contribution in [3.8, 4) is 0 Å². The van der Waals surface area contributed by atoms with Crippen LogP contribution in [0.2, 0.25) is 0 Å². The predicted octanol–water partition coefficient (Wildman–Crippen LogP) is 2.98. The Hall–Kier alpha value is -0.880. The fraction of sp³-hybridized carbons (Fsp3) is 0.364. The Bertz CT molecular complexity index is 506. The summed E-state index contributed by atoms with van der Waals surface area (Å²) < 4.78 is 33.3. The van der Waals surface area contributed by atoms with Crippen molar-refractivity contribution in [2.24, 2.45) is 4.40 Å². The molecule has 4 nitrogen and oxygen atoms in total. The maximum atomic E-state index is 11.9. The topological polar surface area (TPSA) is 55.7 Å². The van der Waals surface area contributed by atoms with Crippen LogP contribution in [0, 0.1) is 0 Å². The second-order valence-electron chi connectivity index (χ2n) is 3.71. The van der Waals surface area contributed by atoms with E-state index >= 15 is 0 Å². The molecule has 0 saturated heterocycles. The minimum Gasteiger partial charge on any atom is -0.478 e. The standard InChI is InChI=1S/C11H14BrNO3S/c1-8(2)16-9(3)13-17(14,15)11-6-4-10(12)5-7-11/h4-8H,1-3H3/b13-9-. The van der Waals surface area contributed by atoms with E-state index in [0.717, 1.165) is 4.47 Å². The van der Waals surface area contributed by atoms with Gasteiger partial charge in [-0.3, -0.25) is 0 Å². The van der Waals surface area contributed by atoms with Crippen LogP contribution in [-0.2, 0) is 14.8 Å². The highest BCUT2D eigenvalue weighted by Crippen LogP contribution is 2.16. The van der Waals surface area contributed by atoms with E-state index in [0.29, 0.717) is 0 Å². The van der Waals surface area contributed by atoms with Crippen LogP contribution >= 0.6 is 15.9 Å². The third kappa shape index (κ3) is 4.47. The zero-order valence-corrected chi connectivity index (χ0v) is 12.2. The Morgan fingerprint density at radius 3 is 2.29 bits per heavy atom. The summed E-state index contributed by atoms with van der Waals surface area (Å²) >= 11 is 3.24. The smallest absolute Gasteiger partial charge is 0.285 e. The Labute approximate surface area is 110 Å². The number of halogens is 1. The van der Waals surface area contributed by atoms with Crippen LogP contribution in [-0.4, -0.2) is 20.4 Å². The van der Waals surface area contributed by atoms with Gasteiger partial charge in [-0.05, 0) is 38.1 Å². The first-order valence-electron chi connectivity index (χ1n) is 5.05. The quantitative estimate of drug-likeness (QED) is 0.635. The van der Waals surface area contributed by atoms with E-state index < -0.39 is 10.0 Å². The summed E-state index contributed by atoms with van der Waals surface area (Å²) in [5.74, 6) is 0.142. The lowest BCUT2D eigenvalue weighted by Crippen LogP contribution is -2.10. The fourth-order valence-electron chi connectivity index (χ4n) is 1.19. The molecule has 0 unspecified atom stereocenters. The van der Waals surface area contributed by atoms with E-state index in [4.69, 9.17) is 4.74 Å². The Morgan fingerprint density at radius 2 is 1.82 bits per heavy atom. The van der Waals surface area contributed by atoms with E-state index in [1.807, 2.05) is 13.8 Å². The molecule has 0 amide bonds. The molecule has 0 saturated carbocycles. The summed E-state index contributed by atoms with van der Waals surface area (Å²) in [4.78, 5) is 0.146. The second kappa shape index (κ2) is 5.64. The summed E-state index contributed by atoms with van der Waals surface area (Å²) in [5.41, 5.74) is 0. The van der Waals surface area contributed by atoms with Gasteiger partial charge in [0.25, 0.3) is 10.0 Å². The van der Waals surface area contributed by atoms with Gasteiger partial charge in [0.1, 0.15) is 0 Å². The molecule has 1 aromatic rings. The van der Waals surface area contributed by atoms with Gasteiger partial charge < -0.3 is 4.74 Å². The Balaban J connectivity index is 3.00. The molecule has 0 fully saturated rings. The van der Waals surface area contributed by atoms with Crippen molar-refractivity contribution in [1.29, 1.82) is 0 Å². The van der Waals surface area contributed by atoms with Crippen LogP contribution in [0.15, 0.2) is 38.0 Å². The third-order valence-corrected chi connectivity index (χ3v) is 3.66. The first-order valence-corrected chi connectivity index (χ1v) is 7.28. The molecule has 0 aliphatic heterocycles. The van der Waals surface area contributed by atoms with Gasteiger partial charge in [0.15, 0.2) is 5.90 Å². The van der Waals surface area contributed by atoms with Crippen molar-refractivity contribution in [2.75, 3.05) is 0 Å². The highest BCUT2D eigenvalue weighted by atomic mass is 79.9. The molecule has 6 heteroatoms. The van der Waals surface area contributed by atoms with Gasteiger partial charge in [0, 0.05) is 11.4 Å². The molecule has 0 N–H and O–H groups in total. The molecular weight excluding hydrogens is 306 g/mol. The lowest BCUT2D eigenvalue weighted by molar-refractivity contribution is 0.227. The Morgan fingerprint density at radius 1 is 1.29 bits per heavy atom. The molecule has 0 spiro atoms. The third-order valence-electron chi connectivity index (χ3n) is 1.77. The molecule has 0 aromatic heterocycles. The normalized spacial score (nSPS) is 12.9. The van der Waals surface area contributed by atoms with Crippen LogP contribution in [0.1, 0.15) is 20.8 Å². The molecule has 0 bridgehead atoms. The molecule has 17 heavy (non-hydrogen) atoms. The van der Waals surface area contributed by atoms with Gasteiger partial charge in [-0.25, -0.2) is 0 Å². The first-order chi connectivity index (χ1) is 7.81. The molecule has 1 aromatic carbocycles. The highest BCUT2D eigenvalue weighted by molar-refractivity contribution is 9.10. The van der Waals surface area contributed by atoms with Crippen LogP contribution in [0.5, 0.6) is 0 Å². The summed E-state index contributed by atoms with van der Waals surface area (Å²) in [6.07, 6.45) is -0.0983. The van der Waals surface area contributed by atoms with Crippen LogP contribution in [0.25, 0.3) is 0 Å². The second-order valence-corrected chi connectivity index (χ2v) is 6.23. The molecule has 0 aliphatic carbocycles. The number of hydrogen-bond acceptors (Lipinski definition) is 3. The zero-order chi connectivity index (χ0) is 13.1. The molecule has 0 atom stereocenters. The van der Waals surface area contributed by atoms with Crippen LogP contribution in [0.3, 0.4) is 0 Å². The Kier molecular flexibility index (Phi) is 4.70. The molecule has 0 radical (unpaired) electrons. The molecule has 0 aliphatic rings. The fourth-order valence-corrected chi connectivity index (χ4v) is 2.42. The number of sulfonamides is 1. The van der Waals surface area contributed by atoms with Crippen molar-refractivity contribution in [1.82, 2.24) is 0 Å². The highest BCUT2D eigenvalue weighted by Gasteiger charge is 2.13. The largest absolute Gasteiger partial charge is 0.478 e. The van der Waals surface area contributed by atoms with Gasteiger partial charge in [-0.1, -0.05) is 15.9 Å². The van der Waals surface area contributed by atoms with Crippen molar-refractivity contribution < 1.29 is 13.2 Å². The maximum Gasteiger partial charge on any atom is 0.285 e. The number of ether oxygens (including phenoxy) is 1. The van der Waals surface area contributed by atoms with Gasteiger partial charge in [-0.2, -0.15) is 8.42 Å². The van der Waals surface area contributed by atoms with Crippen LogP contribution < -0.4 is 0 Å². The molecular formula is C11H14BrNO3S. The van der Waals surface area contributed by atoms with E-state index in [-0.39, 0.29) is 16.9 Å². The summed E-state index contributed by atoms with van der Waals surface area (Å²) in [5, 5.41) is 0. The first kappa shape index (κ1) is 14.2. The SMILES string of the molecule is C/C(=N/S(=O)(=O)c1ccc(Br)cc1)OC(C)C. The van der Waals surface area contributed by atoms with Crippen molar-refractivity contribution in [3.05, 3.63) is 28.7 Å². The molecule has 94 valence electrons. The van der Waals surface area contributed by atoms with E-state index in [1.165, 1.54) is 19.1 Å². The summed E-state index contributed by atoms with van der Waals surface area (Å²) in [6.45, 7) is 5.15. The maximum absolute atomic E-state index is 11.9. The lowest BCUT2D eigenvalue weighted by Gasteiger charge is -2.08. The zero-order valence-electron chi connectivity index (χ0n) is 9.84. The minimum absolute atomic E-state index is 0.0983. The van der Waals surface area contributed by atoms with Crippen molar-refractivity contribution in [3.63, 3.8) is 0 Å². The lowest BCUT2D eigenvalue weighted by atomic mass is 10.4. The van der Waals surface area contributed by atoms with Crippen LogP contribution in [0.4, 0.5) is 0 Å². The molecule has 0 heterocycles. The van der Waals surface area contributed by atoms with Gasteiger partial charge in [-0.15, -0.1) is 4.40 Å². The van der Waals surface area contributed by atoms with Gasteiger partial charge >= 0.3 is 0 Å². The minimum atomic E-state index is -3.68. The van der Waals surface area contributed by atoms with E-state index in [9.17, 15) is 8.42 Å². The number of benzene rings is 1. The van der Waals surface area contributed by atoms with E-state index in [1.54, 1.807) is 12.1 Å². The number of rotatable bonds is 3. The van der Waals surface area contributed by atoms with Crippen molar-refractivity contribution >= 4 is 31.9 Å². The van der Waals surface area contributed by atoms with E-state index in [2.05, 4.69) is 20.3 Å². The average Bonchev–Trinajstić information content (AvgIpc) is 2.15. The number of nitrogens with zero attached hydrogens (tertiary/aromatic N) is 1. The van der Waals surface area contributed by atoms with Gasteiger partial charge in [0.05, 0.1) is 11.0 Å². The molecule has 1 rings (SSSR count). The summed E-state index contributed by atoms with van der Waals surface area (Å²) in [6, 6.07) is 6.29. The number of hydrogen-bond donors (Lipinski definition) is 0. The monoisotopic (exact) mass is 319 g/mol. The predicted molar refractivity (Wildman–Crippen MR) is 70.7 cm³/mol. The average molecular weight is 320 g/mol. The summed E-state index contributed by atoms with van der Waals surface area (Å²) in [7, 11) is -3.68. The van der Waals surface area contributed by atoms with Crippen molar-refractivity contribution in [2.45, 2.75) is 31.8 Å².